The summed E-state index contributed by atoms with van der Waals surface area (Å²) in [5.74, 6) is -0.629. The number of hydrogen-bond donors (Lipinski definition) is 1. The lowest BCUT2D eigenvalue weighted by Gasteiger charge is -2.49. The van der Waals surface area contributed by atoms with Gasteiger partial charge in [-0.2, -0.15) is 0 Å². The van der Waals surface area contributed by atoms with Crippen molar-refractivity contribution in [3.05, 3.63) is 81.5 Å². The summed E-state index contributed by atoms with van der Waals surface area (Å²) in [6, 6.07) is 13.7. The molecule has 0 aromatic heterocycles. The van der Waals surface area contributed by atoms with Crippen LogP contribution in [0.25, 0.3) is 0 Å². The van der Waals surface area contributed by atoms with Crippen molar-refractivity contribution >= 4 is 35.2 Å². The van der Waals surface area contributed by atoms with Crippen molar-refractivity contribution in [3.63, 3.8) is 0 Å². The van der Waals surface area contributed by atoms with E-state index in [1.807, 2.05) is 13.0 Å². The van der Waals surface area contributed by atoms with Crippen LogP contribution in [0, 0.1) is 10.1 Å². The van der Waals surface area contributed by atoms with E-state index >= 15 is 0 Å². The van der Waals surface area contributed by atoms with Gasteiger partial charge in [0.15, 0.2) is 6.61 Å². The van der Waals surface area contributed by atoms with Crippen molar-refractivity contribution in [1.82, 2.24) is 10.2 Å². The van der Waals surface area contributed by atoms with E-state index in [0.29, 0.717) is 29.2 Å². The number of esters is 1. The standard InChI is InChI=1S/C25H25N3O8S/c1-2-34-13-17-15-37-24-21(26-20(29)14-35-19-6-4-3-5-7-19)23(30)27(24)22(17)25(31)36-12-16-8-10-18(11-9-16)28(32)33/h3-11,21,24H,2,12-15H2,1H3,(H,26,29)/t21?,24-/m1/s1. The maximum atomic E-state index is 13.1. The highest BCUT2D eigenvalue weighted by Crippen LogP contribution is 2.40. The normalized spacial score (nSPS) is 18.5. The molecule has 2 amide bonds. The first-order valence-corrected chi connectivity index (χ1v) is 12.6. The largest absolute Gasteiger partial charge is 0.484 e. The van der Waals surface area contributed by atoms with E-state index < -0.39 is 34.1 Å². The van der Waals surface area contributed by atoms with Crippen LogP contribution in [-0.2, 0) is 30.5 Å². The van der Waals surface area contributed by atoms with Crippen molar-refractivity contribution in [1.29, 1.82) is 0 Å². The van der Waals surface area contributed by atoms with Gasteiger partial charge in [0.25, 0.3) is 17.5 Å². The number of non-ortho nitro benzene ring substituents is 1. The predicted octanol–water partition coefficient (Wildman–Crippen LogP) is 2.41. The summed E-state index contributed by atoms with van der Waals surface area (Å²) in [5, 5.41) is 13.1. The maximum Gasteiger partial charge on any atom is 0.355 e. The molecular formula is C25H25N3O8S. The zero-order chi connectivity index (χ0) is 26.4. The summed E-state index contributed by atoms with van der Waals surface area (Å²) >= 11 is 1.42. The number of rotatable bonds is 11. The minimum Gasteiger partial charge on any atom is -0.484 e. The van der Waals surface area contributed by atoms with Crippen LogP contribution in [0.5, 0.6) is 5.75 Å². The van der Waals surface area contributed by atoms with Crippen LogP contribution >= 0.6 is 11.8 Å². The van der Waals surface area contributed by atoms with Crippen molar-refractivity contribution in [2.24, 2.45) is 0 Å². The average Bonchev–Trinajstić information content (AvgIpc) is 2.92. The lowest BCUT2D eigenvalue weighted by molar-refractivity contribution is -0.384. The van der Waals surface area contributed by atoms with E-state index in [0.717, 1.165) is 0 Å². The molecule has 0 bridgehead atoms. The number of fused-ring (bicyclic) bond motifs is 1. The summed E-state index contributed by atoms with van der Waals surface area (Å²) in [4.78, 5) is 50.2. The average molecular weight is 528 g/mol. The molecule has 2 aliphatic rings. The Balaban J connectivity index is 1.41. The molecule has 2 aromatic carbocycles. The Morgan fingerprint density at radius 2 is 1.86 bits per heavy atom. The van der Waals surface area contributed by atoms with Crippen LogP contribution in [0.4, 0.5) is 5.69 Å². The number of carbonyl (C=O) groups is 3. The molecule has 1 fully saturated rings. The van der Waals surface area contributed by atoms with Crippen molar-refractivity contribution in [3.8, 4) is 5.75 Å². The second-order valence-corrected chi connectivity index (χ2v) is 9.25. The molecule has 1 unspecified atom stereocenters. The van der Waals surface area contributed by atoms with Gasteiger partial charge in [-0.25, -0.2) is 4.79 Å². The smallest absolute Gasteiger partial charge is 0.355 e. The highest BCUT2D eigenvalue weighted by molar-refractivity contribution is 8.00. The summed E-state index contributed by atoms with van der Waals surface area (Å²) in [6.45, 7) is 2.03. The predicted molar refractivity (Wildman–Crippen MR) is 133 cm³/mol. The van der Waals surface area contributed by atoms with Gasteiger partial charge in [0.1, 0.15) is 29.5 Å². The number of nitro benzene ring substituents is 1. The first-order valence-electron chi connectivity index (χ1n) is 11.5. The Labute approximate surface area is 216 Å². The zero-order valence-corrected chi connectivity index (χ0v) is 20.8. The number of thioether (sulfide) groups is 1. The monoisotopic (exact) mass is 527 g/mol. The Bertz CT molecular complexity index is 1200. The zero-order valence-electron chi connectivity index (χ0n) is 20.0. The molecule has 4 rings (SSSR count). The summed E-state index contributed by atoms with van der Waals surface area (Å²) in [7, 11) is 0. The van der Waals surface area contributed by atoms with Crippen LogP contribution in [-0.4, -0.2) is 64.6 Å². The van der Waals surface area contributed by atoms with E-state index in [4.69, 9.17) is 14.2 Å². The summed E-state index contributed by atoms with van der Waals surface area (Å²) < 4.78 is 16.4. The molecule has 1 saturated heterocycles. The van der Waals surface area contributed by atoms with E-state index in [9.17, 15) is 24.5 Å². The van der Waals surface area contributed by atoms with Gasteiger partial charge in [-0.15, -0.1) is 11.8 Å². The number of nitrogens with one attached hydrogen (secondary N) is 1. The molecule has 194 valence electrons. The molecule has 2 atom stereocenters. The number of ether oxygens (including phenoxy) is 3. The number of benzene rings is 2. The number of nitrogens with zero attached hydrogens (tertiary/aromatic N) is 2. The molecule has 2 aliphatic heterocycles. The number of amides is 2. The summed E-state index contributed by atoms with van der Waals surface area (Å²) in [6.07, 6.45) is 0. The fourth-order valence-electron chi connectivity index (χ4n) is 3.82. The second kappa shape index (κ2) is 11.9. The highest BCUT2D eigenvalue weighted by atomic mass is 32.2. The SMILES string of the molecule is CCOCC1=C(C(=O)OCc2ccc([N+](=O)[O-])cc2)N2C(=O)C(NC(=O)COc3ccccc3)[C@H]2SC1. The maximum absolute atomic E-state index is 13.1. The third-order valence-electron chi connectivity index (χ3n) is 5.67. The lowest BCUT2D eigenvalue weighted by Crippen LogP contribution is -2.71. The van der Waals surface area contributed by atoms with Crippen LogP contribution in [0.15, 0.2) is 65.9 Å². The Morgan fingerprint density at radius 1 is 1.14 bits per heavy atom. The topological polar surface area (TPSA) is 137 Å². The van der Waals surface area contributed by atoms with E-state index in [1.165, 1.54) is 40.9 Å². The van der Waals surface area contributed by atoms with E-state index in [1.54, 1.807) is 24.3 Å². The molecule has 0 spiro atoms. The molecule has 1 N–H and O–H groups in total. The molecule has 0 radical (unpaired) electrons. The van der Waals surface area contributed by atoms with Crippen molar-refractivity contribution in [2.75, 3.05) is 25.6 Å². The van der Waals surface area contributed by atoms with Gasteiger partial charge in [0.2, 0.25) is 0 Å². The Hall–Kier alpha value is -3.90. The number of nitro groups is 1. The van der Waals surface area contributed by atoms with Crippen molar-refractivity contribution in [2.45, 2.75) is 24.9 Å². The van der Waals surface area contributed by atoms with Gasteiger partial charge in [0.05, 0.1) is 11.5 Å². The minimum absolute atomic E-state index is 0.0719. The fraction of sp³-hybridized carbons (Fsp3) is 0.320. The molecule has 0 aliphatic carbocycles. The number of β-lactam (4-membered cyclic amide) rings is 1. The molecule has 2 heterocycles. The van der Waals surface area contributed by atoms with E-state index in [2.05, 4.69) is 5.32 Å². The van der Waals surface area contributed by atoms with Gasteiger partial charge in [0, 0.05) is 24.5 Å². The van der Waals surface area contributed by atoms with E-state index in [-0.39, 0.29) is 31.2 Å². The Kier molecular flexibility index (Phi) is 8.41. The second-order valence-electron chi connectivity index (χ2n) is 8.15. The third kappa shape index (κ3) is 6.09. The van der Waals surface area contributed by atoms with Crippen LogP contribution in [0.2, 0.25) is 0 Å². The molecule has 0 saturated carbocycles. The van der Waals surface area contributed by atoms with Gasteiger partial charge in [-0.3, -0.25) is 24.6 Å². The van der Waals surface area contributed by atoms with Gasteiger partial charge in [-0.1, -0.05) is 18.2 Å². The number of carbonyl (C=O) groups excluding carboxylic acids is 3. The molecular weight excluding hydrogens is 502 g/mol. The van der Waals surface area contributed by atoms with Crippen molar-refractivity contribution < 1.29 is 33.5 Å². The van der Waals surface area contributed by atoms with Crippen LogP contribution in [0.3, 0.4) is 0 Å². The molecule has 11 nitrogen and oxygen atoms in total. The quantitative estimate of drug-likeness (QED) is 0.202. The molecule has 2 aromatic rings. The van der Waals surface area contributed by atoms with Gasteiger partial charge >= 0.3 is 5.97 Å². The molecule has 12 heteroatoms. The lowest BCUT2D eigenvalue weighted by atomic mass is 10.0. The first kappa shape index (κ1) is 26.2. The summed E-state index contributed by atoms with van der Waals surface area (Å²) in [5.41, 5.74) is 1.21. The highest BCUT2D eigenvalue weighted by Gasteiger charge is 2.54. The minimum atomic E-state index is -0.803. The van der Waals surface area contributed by atoms with Crippen LogP contribution in [0.1, 0.15) is 12.5 Å². The first-order chi connectivity index (χ1) is 17.9. The van der Waals surface area contributed by atoms with Gasteiger partial charge < -0.3 is 19.5 Å². The fourth-order valence-corrected chi connectivity index (χ4v) is 5.15. The Morgan fingerprint density at radius 3 is 2.54 bits per heavy atom. The van der Waals surface area contributed by atoms with Crippen LogP contribution < -0.4 is 10.1 Å². The number of hydrogen-bond acceptors (Lipinski definition) is 9. The van der Waals surface area contributed by atoms with Gasteiger partial charge in [-0.05, 0) is 42.3 Å². The third-order valence-corrected chi connectivity index (χ3v) is 7.01. The molecule has 37 heavy (non-hydrogen) atoms. The number of para-hydroxylation sites is 1.